The highest BCUT2D eigenvalue weighted by Gasteiger charge is 2.33. The Bertz CT molecular complexity index is 485. The smallest absolute Gasteiger partial charge is 0.223 e. The van der Waals surface area contributed by atoms with Crippen molar-refractivity contribution in [2.75, 3.05) is 24.5 Å². The molecule has 1 amide bonds. The van der Waals surface area contributed by atoms with E-state index < -0.39 is 0 Å². The van der Waals surface area contributed by atoms with Crippen molar-refractivity contribution >= 4 is 11.7 Å². The summed E-state index contributed by atoms with van der Waals surface area (Å²) in [5, 5.41) is 3.26. The number of rotatable bonds is 4. The van der Waals surface area contributed by atoms with Gasteiger partial charge in [-0.1, -0.05) is 12.5 Å². The van der Waals surface area contributed by atoms with Crippen molar-refractivity contribution in [1.29, 1.82) is 0 Å². The van der Waals surface area contributed by atoms with Crippen molar-refractivity contribution in [2.24, 2.45) is 17.6 Å². The Labute approximate surface area is 132 Å². The summed E-state index contributed by atoms with van der Waals surface area (Å²) >= 11 is 0. The lowest BCUT2D eigenvalue weighted by atomic mass is 9.94. The van der Waals surface area contributed by atoms with Gasteiger partial charge in [-0.05, 0) is 50.3 Å². The van der Waals surface area contributed by atoms with Crippen LogP contribution in [-0.2, 0) is 4.79 Å². The van der Waals surface area contributed by atoms with Crippen LogP contribution in [-0.4, -0.2) is 36.6 Å². The number of amides is 1. The van der Waals surface area contributed by atoms with E-state index in [-0.39, 0.29) is 11.8 Å². The van der Waals surface area contributed by atoms with Gasteiger partial charge in [0.25, 0.3) is 0 Å². The van der Waals surface area contributed by atoms with Gasteiger partial charge in [0.05, 0.1) is 0 Å². The van der Waals surface area contributed by atoms with Gasteiger partial charge in [-0.3, -0.25) is 4.79 Å². The third-order valence-corrected chi connectivity index (χ3v) is 5.11. The number of pyridine rings is 1. The molecule has 22 heavy (non-hydrogen) atoms. The topological polar surface area (TPSA) is 71.2 Å². The highest BCUT2D eigenvalue weighted by atomic mass is 16.2. The second-order valence-corrected chi connectivity index (χ2v) is 6.49. The summed E-state index contributed by atoms with van der Waals surface area (Å²) < 4.78 is 0. The zero-order valence-corrected chi connectivity index (χ0v) is 13.1. The molecule has 3 rings (SSSR count). The van der Waals surface area contributed by atoms with Gasteiger partial charge >= 0.3 is 0 Å². The predicted octanol–water partition coefficient (Wildman–Crippen LogP) is 1.54. The fourth-order valence-electron chi connectivity index (χ4n) is 3.77. The van der Waals surface area contributed by atoms with Crippen LogP contribution in [0.15, 0.2) is 24.4 Å². The molecule has 1 aromatic rings. The van der Waals surface area contributed by atoms with Gasteiger partial charge in [0.2, 0.25) is 5.91 Å². The predicted molar refractivity (Wildman–Crippen MR) is 87.5 cm³/mol. The van der Waals surface area contributed by atoms with Crippen LogP contribution in [0.1, 0.15) is 32.1 Å². The summed E-state index contributed by atoms with van der Waals surface area (Å²) in [6.45, 7) is 2.54. The van der Waals surface area contributed by atoms with Crippen molar-refractivity contribution in [3.05, 3.63) is 24.4 Å². The summed E-state index contributed by atoms with van der Waals surface area (Å²) in [5.74, 6) is 1.78. The van der Waals surface area contributed by atoms with Gasteiger partial charge in [-0.2, -0.15) is 0 Å². The molecule has 5 heteroatoms. The minimum atomic E-state index is 0.138. The van der Waals surface area contributed by atoms with Gasteiger partial charge in [0.15, 0.2) is 0 Å². The van der Waals surface area contributed by atoms with Crippen molar-refractivity contribution < 1.29 is 4.79 Å². The Kier molecular flexibility index (Phi) is 4.93. The Morgan fingerprint density at radius 2 is 2.09 bits per heavy atom. The van der Waals surface area contributed by atoms with Crippen molar-refractivity contribution in [3.8, 4) is 0 Å². The first-order valence-corrected chi connectivity index (χ1v) is 8.44. The molecule has 1 saturated carbocycles. The van der Waals surface area contributed by atoms with E-state index in [1.54, 1.807) is 0 Å². The van der Waals surface area contributed by atoms with E-state index in [9.17, 15) is 4.79 Å². The number of hydrogen-bond donors (Lipinski definition) is 2. The standard InChI is InChI=1S/C17H26N4O/c18-12-13-4-3-5-15(13)17(22)20-14-7-10-21(11-8-14)16-6-1-2-9-19-16/h1-2,6,9,13-15H,3-5,7-8,10-12,18H2,(H,20,22)/t13-,15-/m1/s1. The number of carbonyl (C=O) groups is 1. The number of nitrogens with one attached hydrogen (secondary N) is 1. The van der Waals surface area contributed by atoms with Gasteiger partial charge < -0.3 is 16.0 Å². The molecular formula is C17H26N4O. The number of anilines is 1. The summed E-state index contributed by atoms with van der Waals surface area (Å²) in [4.78, 5) is 19.1. The maximum atomic E-state index is 12.4. The Balaban J connectivity index is 1.49. The molecule has 3 N–H and O–H groups in total. The lowest BCUT2D eigenvalue weighted by Crippen LogP contribution is -2.47. The molecule has 0 spiro atoms. The quantitative estimate of drug-likeness (QED) is 0.885. The Morgan fingerprint density at radius 1 is 1.27 bits per heavy atom. The van der Waals surface area contributed by atoms with Gasteiger partial charge in [0.1, 0.15) is 5.82 Å². The van der Waals surface area contributed by atoms with E-state index in [2.05, 4.69) is 15.2 Å². The van der Waals surface area contributed by atoms with E-state index in [1.165, 1.54) is 0 Å². The van der Waals surface area contributed by atoms with E-state index in [0.29, 0.717) is 18.5 Å². The molecule has 2 aliphatic rings. The highest BCUT2D eigenvalue weighted by Crippen LogP contribution is 2.31. The van der Waals surface area contributed by atoms with Crippen molar-refractivity contribution in [2.45, 2.75) is 38.1 Å². The molecular weight excluding hydrogens is 276 g/mol. The van der Waals surface area contributed by atoms with Crippen LogP contribution in [0.2, 0.25) is 0 Å². The van der Waals surface area contributed by atoms with Crippen LogP contribution in [0.3, 0.4) is 0 Å². The maximum absolute atomic E-state index is 12.4. The summed E-state index contributed by atoms with van der Waals surface area (Å²) in [6.07, 6.45) is 7.05. The van der Waals surface area contributed by atoms with Crippen LogP contribution in [0.5, 0.6) is 0 Å². The van der Waals surface area contributed by atoms with Crippen LogP contribution in [0.4, 0.5) is 5.82 Å². The SMILES string of the molecule is NC[C@H]1CCC[C@H]1C(=O)NC1CCN(c2ccccn2)CC1. The van der Waals surface area contributed by atoms with Crippen molar-refractivity contribution in [1.82, 2.24) is 10.3 Å². The van der Waals surface area contributed by atoms with Crippen LogP contribution >= 0.6 is 0 Å². The molecule has 1 saturated heterocycles. The minimum absolute atomic E-state index is 0.138. The molecule has 2 heterocycles. The van der Waals surface area contributed by atoms with Gasteiger partial charge in [-0.25, -0.2) is 4.98 Å². The molecule has 0 bridgehead atoms. The number of nitrogens with two attached hydrogens (primary N) is 1. The summed E-state index contributed by atoms with van der Waals surface area (Å²) in [5.41, 5.74) is 5.78. The average Bonchev–Trinajstić information content (AvgIpc) is 3.05. The zero-order chi connectivity index (χ0) is 15.4. The molecule has 0 unspecified atom stereocenters. The fraction of sp³-hybridized carbons (Fsp3) is 0.647. The van der Waals surface area contributed by atoms with Gasteiger partial charge in [0, 0.05) is 31.2 Å². The van der Waals surface area contributed by atoms with Crippen LogP contribution < -0.4 is 16.0 Å². The van der Waals surface area contributed by atoms with E-state index in [0.717, 1.165) is 51.0 Å². The Hall–Kier alpha value is -1.62. The van der Waals surface area contributed by atoms with Crippen LogP contribution in [0.25, 0.3) is 0 Å². The second kappa shape index (κ2) is 7.09. The molecule has 2 fully saturated rings. The maximum Gasteiger partial charge on any atom is 0.223 e. The Morgan fingerprint density at radius 3 is 2.77 bits per heavy atom. The van der Waals surface area contributed by atoms with Crippen LogP contribution in [0, 0.1) is 11.8 Å². The van der Waals surface area contributed by atoms with Gasteiger partial charge in [-0.15, -0.1) is 0 Å². The summed E-state index contributed by atoms with van der Waals surface area (Å²) in [6, 6.07) is 6.30. The lowest BCUT2D eigenvalue weighted by molar-refractivity contribution is -0.126. The largest absolute Gasteiger partial charge is 0.356 e. The zero-order valence-electron chi connectivity index (χ0n) is 13.1. The molecule has 120 valence electrons. The first-order valence-electron chi connectivity index (χ1n) is 8.44. The fourth-order valence-corrected chi connectivity index (χ4v) is 3.77. The molecule has 0 radical (unpaired) electrons. The highest BCUT2D eigenvalue weighted by molar-refractivity contribution is 5.79. The second-order valence-electron chi connectivity index (χ2n) is 6.49. The third-order valence-electron chi connectivity index (χ3n) is 5.11. The molecule has 0 aromatic carbocycles. The molecule has 5 nitrogen and oxygen atoms in total. The summed E-state index contributed by atoms with van der Waals surface area (Å²) in [7, 11) is 0. The number of hydrogen-bond acceptors (Lipinski definition) is 4. The number of nitrogens with zero attached hydrogens (tertiary/aromatic N) is 2. The molecule has 1 aliphatic carbocycles. The average molecular weight is 302 g/mol. The molecule has 1 aromatic heterocycles. The number of carbonyl (C=O) groups excluding carboxylic acids is 1. The normalized spacial score (nSPS) is 26.1. The number of aromatic nitrogens is 1. The monoisotopic (exact) mass is 302 g/mol. The molecule has 2 atom stereocenters. The third kappa shape index (κ3) is 3.40. The minimum Gasteiger partial charge on any atom is -0.356 e. The van der Waals surface area contributed by atoms with E-state index in [4.69, 9.17) is 5.73 Å². The first kappa shape index (κ1) is 15.3. The van der Waals surface area contributed by atoms with Crippen molar-refractivity contribution in [3.63, 3.8) is 0 Å². The number of piperidine rings is 1. The van der Waals surface area contributed by atoms with E-state index >= 15 is 0 Å². The van der Waals surface area contributed by atoms with E-state index in [1.807, 2.05) is 24.4 Å². The molecule has 1 aliphatic heterocycles. The first-order chi connectivity index (χ1) is 10.8. The lowest BCUT2D eigenvalue weighted by Gasteiger charge is -2.34.